The van der Waals surface area contributed by atoms with Crippen LogP contribution >= 0.6 is 11.6 Å². The van der Waals surface area contributed by atoms with Gasteiger partial charge in [-0.3, -0.25) is 4.90 Å². The van der Waals surface area contributed by atoms with Crippen molar-refractivity contribution in [3.05, 3.63) is 87.4 Å². The van der Waals surface area contributed by atoms with Crippen molar-refractivity contribution in [1.29, 1.82) is 5.26 Å². The summed E-state index contributed by atoms with van der Waals surface area (Å²) in [4.78, 5) is 18.2. The summed E-state index contributed by atoms with van der Waals surface area (Å²) in [5.41, 5.74) is 1.92. The van der Waals surface area contributed by atoms with Gasteiger partial charge in [-0.05, 0) is 73.8 Å². The molecule has 0 unspecified atom stereocenters. The third-order valence-corrected chi connectivity index (χ3v) is 7.68. The van der Waals surface area contributed by atoms with E-state index in [1.54, 1.807) is 29.8 Å². The van der Waals surface area contributed by atoms with Crippen molar-refractivity contribution in [2.75, 3.05) is 13.1 Å². The van der Waals surface area contributed by atoms with Gasteiger partial charge in [0.15, 0.2) is 5.75 Å². The van der Waals surface area contributed by atoms with Crippen molar-refractivity contribution in [3.8, 4) is 17.6 Å². The third kappa shape index (κ3) is 6.30. The number of rotatable bonds is 9. The SMILES string of the molecule is Cn1c(CN2CCC(c3ccc(Cl)cc3OCc3ccc(C#N)cc3F)CC2)nc2c(OC(F)F)cc(C(=O)O)cc21. The van der Waals surface area contributed by atoms with Gasteiger partial charge in [-0.2, -0.15) is 14.0 Å². The lowest BCUT2D eigenvalue weighted by Crippen LogP contribution is -2.33. The van der Waals surface area contributed by atoms with Crippen LogP contribution in [0.1, 0.15) is 51.6 Å². The summed E-state index contributed by atoms with van der Waals surface area (Å²) in [5, 5.41) is 18.9. The number of benzene rings is 3. The number of piperidine rings is 1. The second kappa shape index (κ2) is 12.3. The highest BCUT2D eigenvalue weighted by atomic mass is 35.5. The standard InChI is InChI=1S/C30H26ClF3N4O4/c1-37-24-11-20(29(39)40)12-26(42-30(33)34)28(24)36-27(37)15-38-8-6-18(7-9-38)22-5-4-21(31)13-25(22)41-16-19-3-2-17(14-35)10-23(19)32/h2-5,10-13,18,30H,6-9,15-16H2,1H3,(H,39,40). The van der Waals surface area contributed by atoms with Crippen molar-refractivity contribution in [3.63, 3.8) is 0 Å². The Kier molecular flexibility index (Phi) is 8.56. The molecule has 0 amide bonds. The van der Waals surface area contributed by atoms with Gasteiger partial charge in [-0.15, -0.1) is 0 Å². The number of aromatic nitrogens is 2. The molecule has 218 valence electrons. The Morgan fingerprint density at radius 1 is 1.17 bits per heavy atom. The molecule has 0 spiro atoms. The van der Waals surface area contributed by atoms with E-state index in [9.17, 15) is 23.1 Å². The second-order valence-electron chi connectivity index (χ2n) is 10.1. The molecule has 1 saturated heterocycles. The van der Waals surface area contributed by atoms with E-state index in [4.69, 9.17) is 21.6 Å². The molecule has 2 heterocycles. The van der Waals surface area contributed by atoms with Gasteiger partial charge in [0, 0.05) is 17.6 Å². The van der Waals surface area contributed by atoms with Crippen LogP contribution in [0.5, 0.6) is 11.5 Å². The number of likely N-dealkylation sites (tertiary alicyclic amines) is 1. The van der Waals surface area contributed by atoms with E-state index < -0.39 is 18.4 Å². The van der Waals surface area contributed by atoms with Crippen LogP contribution in [0.4, 0.5) is 13.2 Å². The number of halogens is 4. The summed E-state index contributed by atoms with van der Waals surface area (Å²) in [6.45, 7) is -1.29. The Morgan fingerprint density at radius 3 is 2.60 bits per heavy atom. The molecule has 42 heavy (non-hydrogen) atoms. The largest absolute Gasteiger partial charge is 0.488 e. The van der Waals surface area contributed by atoms with Crippen LogP contribution < -0.4 is 9.47 Å². The molecule has 0 bridgehead atoms. The third-order valence-electron chi connectivity index (χ3n) is 7.44. The molecular weight excluding hydrogens is 573 g/mol. The summed E-state index contributed by atoms with van der Waals surface area (Å²) < 4.78 is 52.7. The molecule has 12 heteroatoms. The highest BCUT2D eigenvalue weighted by Crippen LogP contribution is 2.37. The number of imidazole rings is 1. The Balaban J connectivity index is 1.29. The van der Waals surface area contributed by atoms with Crippen molar-refractivity contribution in [2.24, 2.45) is 7.05 Å². The number of carboxylic acids is 1. The molecule has 8 nitrogen and oxygen atoms in total. The maximum Gasteiger partial charge on any atom is 0.387 e. The summed E-state index contributed by atoms with van der Waals surface area (Å²) in [6, 6.07) is 14.0. The second-order valence-corrected chi connectivity index (χ2v) is 10.5. The number of aryl methyl sites for hydroxylation is 1. The number of aromatic carboxylic acids is 1. The first-order chi connectivity index (χ1) is 20.1. The molecule has 0 atom stereocenters. The highest BCUT2D eigenvalue weighted by Gasteiger charge is 2.26. The van der Waals surface area contributed by atoms with E-state index >= 15 is 0 Å². The molecule has 1 fully saturated rings. The van der Waals surface area contributed by atoms with Crippen molar-refractivity contribution >= 4 is 28.6 Å². The van der Waals surface area contributed by atoms with Gasteiger partial charge in [0.25, 0.3) is 0 Å². The topological polar surface area (TPSA) is 101 Å². The number of nitriles is 1. The fourth-order valence-corrected chi connectivity index (χ4v) is 5.38. The minimum absolute atomic E-state index is 0.0166. The number of hydrogen-bond donors (Lipinski definition) is 1. The molecule has 1 aliphatic heterocycles. The smallest absolute Gasteiger partial charge is 0.387 e. The van der Waals surface area contributed by atoms with Gasteiger partial charge < -0.3 is 19.1 Å². The number of alkyl halides is 2. The predicted octanol–water partition coefficient (Wildman–Crippen LogP) is 6.50. The maximum atomic E-state index is 14.4. The first-order valence-corrected chi connectivity index (χ1v) is 13.5. The molecule has 1 N–H and O–H groups in total. The van der Waals surface area contributed by atoms with Gasteiger partial charge in [0.2, 0.25) is 0 Å². The molecule has 1 aromatic heterocycles. The average molecular weight is 599 g/mol. The van der Waals surface area contributed by atoms with E-state index in [1.807, 2.05) is 12.1 Å². The van der Waals surface area contributed by atoms with Crippen molar-refractivity contribution < 1.29 is 32.5 Å². The number of nitrogens with zero attached hydrogens (tertiary/aromatic N) is 4. The van der Waals surface area contributed by atoms with Gasteiger partial charge in [-0.25, -0.2) is 14.2 Å². The molecule has 0 saturated carbocycles. The fraction of sp³-hybridized carbons (Fsp3) is 0.300. The van der Waals surface area contributed by atoms with Crippen LogP contribution in [-0.4, -0.2) is 45.2 Å². The van der Waals surface area contributed by atoms with E-state index in [0.29, 0.717) is 47.3 Å². The van der Waals surface area contributed by atoms with Crippen molar-refractivity contribution in [1.82, 2.24) is 14.5 Å². The summed E-state index contributed by atoms with van der Waals surface area (Å²) in [6.07, 6.45) is 1.58. The summed E-state index contributed by atoms with van der Waals surface area (Å²) >= 11 is 6.25. The quantitative estimate of drug-likeness (QED) is 0.235. The monoisotopic (exact) mass is 598 g/mol. The maximum absolute atomic E-state index is 14.4. The van der Waals surface area contributed by atoms with Gasteiger partial charge in [0.1, 0.15) is 29.5 Å². The lowest BCUT2D eigenvalue weighted by Gasteiger charge is -2.32. The molecule has 0 radical (unpaired) electrons. The zero-order valence-electron chi connectivity index (χ0n) is 22.5. The van der Waals surface area contributed by atoms with Crippen molar-refractivity contribution in [2.45, 2.75) is 38.5 Å². The molecule has 4 aromatic rings. The van der Waals surface area contributed by atoms with Gasteiger partial charge in [0.05, 0.1) is 29.3 Å². The van der Waals surface area contributed by atoms with Gasteiger partial charge >= 0.3 is 12.6 Å². The highest BCUT2D eigenvalue weighted by molar-refractivity contribution is 6.30. The number of carboxylic acid groups (broad SMARTS) is 1. The Labute approximate surface area is 244 Å². The molecule has 1 aliphatic rings. The van der Waals surface area contributed by atoms with Crippen LogP contribution in [0.15, 0.2) is 48.5 Å². The summed E-state index contributed by atoms with van der Waals surface area (Å²) in [5.74, 6) is -0.736. The molecule has 5 rings (SSSR count). The van der Waals surface area contributed by atoms with Crippen LogP contribution in [-0.2, 0) is 20.2 Å². The molecule has 0 aliphatic carbocycles. The zero-order chi connectivity index (χ0) is 30.0. The zero-order valence-corrected chi connectivity index (χ0v) is 23.2. The molecular formula is C30H26ClF3N4O4. The number of fused-ring (bicyclic) bond motifs is 1. The number of ether oxygens (including phenoxy) is 2. The van der Waals surface area contributed by atoms with Crippen LogP contribution in [0.25, 0.3) is 11.0 Å². The van der Waals surface area contributed by atoms with E-state index in [0.717, 1.165) is 24.5 Å². The minimum Gasteiger partial charge on any atom is -0.488 e. The average Bonchev–Trinajstić information content (AvgIpc) is 3.27. The normalized spacial score (nSPS) is 14.3. The predicted molar refractivity (Wildman–Crippen MR) is 148 cm³/mol. The van der Waals surface area contributed by atoms with E-state index in [-0.39, 0.29) is 34.9 Å². The van der Waals surface area contributed by atoms with Crippen LogP contribution in [0, 0.1) is 17.1 Å². The molecule has 3 aromatic carbocycles. The first-order valence-electron chi connectivity index (χ1n) is 13.1. The Morgan fingerprint density at radius 2 is 1.93 bits per heavy atom. The van der Waals surface area contributed by atoms with E-state index in [2.05, 4.69) is 14.6 Å². The Bertz CT molecular complexity index is 1680. The number of hydrogen-bond acceptors (Lipinski definition) is 6. The van der Waals surface area contributed by atoms with Crippen LogP contribution in [0.2, 0.25) is 5.02 Å². The fourth-order valence-electron chi connectivity index (χ4n) is 5.22. The number of carbonyl (C=O) groups is 1. The van der Waals surface area contributed by atoms with E-state index in [1.165, 1.54) is 18.2 Å². The van der Waals surface area contributed by atoms with Crippen LogP contribution in [0.3, 0.4) is 0 Å². The lowest BCUT2D eigenvalue weighted by molar-refractivity contribution is -0.0489. The Hall–Kier alpha value is -4.27. The van der Waals surface area contributed by atoms with Gasteiger partial charge in [-0.1, -0.05) is 23.7 Å². The first kappa shape index (κ1) is 29.2. The summed E-state index contributed by atoms with van der Waals surface area (Å²) in [7, 11) is 1.71. The lowest BCUT2D eigenvalue weighted by atomic mass is 9.89. The minimum atomic E-state index is -3.12.